The quantitative estimate of drug-likeness (QED) is 0.535. The molecule has 0 spiro atoms. The van der Waals surface area contributed by atoms with Crippen molar-refractivity contribution in [1.29, 1.82) is 0 Å². The van der Waals surface area contributed by atoms with Crippen LogP contribution in [0.15, 0.2) is 41.9 Å². The van der Waals surface area contributed by atoms with Crippen molar-refractivity contribution in [3.63, 3.8) is 0 Å². The summed E-state index contributed by atoms with van der Waals surface area (Å²) in [5.74, 6) is -0.00483. The largest absolute Gasteiger partial charge is 0.315 e. The molecule has 0 fully saturated rings. The predicted molar refractivity (Wildman–Crippen MR) is 113 cm³/mol. The molecule has 7 heteroatoms. The molecule has 0 aliphatic carbocycles. The first kappa shape index (κ1) is 20.2. The van der Waals surface area contributed by atoms with E-state index >= 15 is 0 Å². The van der Waals surface area contributed by atoms with Gasteiger partial charge in [-0.3, -0.25) is 14.6 Å². The Labute approximate surface area is 173 Å². The summed E-state index contributed by atoms with van der Waals surface area (Å²) in [7, 11) is 1.72. The average molecular weight is 414 g/mol. The van der Waals surface area contributed by atoms with Gasteiger partial charge in [-0.05, 0) is 37.3 Å². The minimum absolute atomic E-state index is 0.0141. The lowest BCUT2D eigenvalue weighted by Crippen LogP contribution is -2.24. The number of rotatable bonds is 6. The van der Waals surface area contributed by atoms with Gasteiger partial charge in [0, 0.05) is 47.6 Å². The third-order valence-corrected chi connectivity index (χ3v) is 5.64. The lowest BCUT2D eigenvalue weighted by atomic mass is 10.1. The maximum Gasteiger partial charge on any atom is 0.226 e. The molecule has 0 N–H and O–H groups in total. The van der Waals surface area contributed by atoms with Crippen molar-refractivity contribution in [2.24, 2.45) is 0 Å². The molecule has 0 unspecified atom stereocenters. The highest BCUT2D eigenvalue weighted by molar-refractivity contribution is 7.09. The molecule has 3 rings (SSSR count). The molecule has 0 aliphatic heterocycles. The number of thiazole rings is 1. The Morgan fingerprint density at radius 2 is 2.00 bits per heavy atom. The van der Waals surface area contributed by atoms with Crippen molar-refractivity contribution in [3.8, 4) is 11.3 Å². The van der Waals surface area contributed by atoms with Gasteiger partial charge in [-0.15, -0.1) is 11.3 Å². The second-order valence-electron chi connectivity index (χ2n) is 6.39. The van der Waals surface area contributed by atoms with Crippen LogP contribution in [0.4, 0.5) is 5.69 Å². The molecule has 0 aliphatic rings. The standard InChI is InChI=1S/C21H20ClN3O2S/c1-4-21(27)25(3)15-6-7-16(17(22)9-15)18-8-5-14(11-23-18)19(26)10-20-24-13(2)12-28-20/h5-9,11-12H,4,10H2,1-3H3. The zero-order chi connectivity index (χ0) is 20.3. The summed E-state index contributed by atoms with van der Waals surface area (Å²) >= 11 is 7.90. The smallest absolute Gasteiger partial charge is 0.226 e. The van der Waals surface area contributed by atoms with Crippen molar-refractivity contribution in [2.45, 2.75) is 26.7 Å². The van der Waals surface area contributed by atoms with Crippen LogP contribution < -0.4 is 4.90 Å². The summed E-state index contributed by atoms with van der Waals surface area (Å²) in [6.07, 6.45) is 2.26. The van der Waals surface area contributed by atoms with Gasteiger partial charge in [-0.1, -0.05) is 18.5 Å². The van der Waals surface area contributed by atoms with Gasteiger partial charge in [-0.2, -0.15) is 0 Å². The van der Waals surface area contributed by atoms with E-state index < -0.39 is 0 Å². The predicted octanol–water partition coefficient (Wildman–Crippen LogP) is 4.97. The molecule has 2 heterocycles. The normalized spacial score (nSPS) is 10.7. The fourth-order valence-electron chi connectivity index (χ4n) is 2.74. The number of nitrogens with zero attached hydrogens (tertiary/aromatic N) is 3. The van der Waals surface area contributed by atoms with Crippen molar-refractivity contribution >= 4 is 40.3 Å². The highest BCUT2D eigenvalue weighted by Crippen LogP contribution is 2.30. The third-order valence-electron chi connectivity index (χ3n) is 4.36. The second kappa shape index (κ2) is 8.63. The topological polar surface area (TPSA) is 63.2 Å². The molecule has 1 aromatic carbocycles. The summed E-state index contributed by atoms with van der Waals surface area (Å²) in [5.41, 5.74) is 3.61. The Morgan fingerprint density at radius 1 is 1.21 bits per heavy atom. The Morgan fingerprint density at radius 3 is 2.57 bits per heavy atom. The van der Waals surface area contributed by atoms with Gasteiger partial charge in [-0.25, -0.2) is 4.98 Å². The SMILES string of the molecule is CCC(=O)N(C)c1ccc(-c2ccc(C(=O)Cc3nc(C)cs3)cn2)c(Cl)c1. The lowest BCUT2D eigenvalue weighted by molar-refractivity contribution is -0.118. The number of carbonyl (C=O) groups excluding carboxylic acids is 2. The molecule has 0 saturated heterocycles. The summed E-state index contributed by atoms with van der Waals surface area (Å²) in [5, 5.41) is 3.23. The van der Waals surface area contributed by atoms with E-state index in [-0.39, 0.29) is 18.1 Å². The number of Topliss-reactive ketones (excluding diaryl/α,β-unsaturated/α-hetero) is 1. The number of aromatic nitrogens is 2. The van der Waals surface area contributed by atoms with E-state index in [1.54, 1.807) is 36.3 Å². The number of amides is 1. The van der Waals surface area contributed by atoms with Gasteiger partial charge < -0.3 is 4.90 Å². The maximum atomic E-state index is 12.4. The first-order valence-corrected chi connectivity index (χ1v) is 10.1. The average Bonchev–Trinajstić information content (AvgIpc) is 3.11. The Bertz CT molecular complexity index is 1010. The van der Waals surface area contributed by atoms with E-state index in [2.05, 4.69) is 9.97 Å². The van der Waals surface area contributed by atoms with Gasteiger partial charge in [0.2, 0.25) is 5.91 Å². The van der Waals surface area contributed by atoms with E-state index in [1.807, 2.05) is 31.4 Å². The van der Waals surface area contributed by atoms with E-state index in [4.69, 9.17) is 11.6 Å². The number of aryl methyl sites for hydroxylation is 1. The molecule has 144 valence electrons. The molecule has 5 nitrogen and oxygen atoms in total. The molecule has 28 heavy (non-hydrogen) atoms. The van der Waals surface area contributed by atoms with Gasteiger partial charge in [0.25, 0.3) is 0 Å². The number of halogens is 1. The van der Waals surface area contributed by atoms with E-state index in [0.29, 0.717) is 22.7 Å². The molecule has 0 bridgehead atoms. The molecule has 0 saturated carbocycles. The zero-order valence-corrected chi connectivity index (χ0v) is 17.5. The van der Waals surface area contributed by atoms with Gasteiger partial charge in [0.1, 0.15) is 5.01 Å². The zero-order valence-electron chi connectivity index (χ0n) is 15.9. The highest BCUT2D eigenvalue weighted by Gasteiger charge is 2.14. The van der Waals surface area contributed by atoms with Crippen LogP contribution >= 0.6 is 22.9 Å². The first-order valence-electron chi connectivity index (χ1n) is 8.85. The minimum Gasteiger partial charge on any atom is -0.315 e. The number of benzene rings is 1. The maximum absolute atomic E-state index is 12.4. The molecule has 1 amide bonds. The number of hydrogen-bond donors (Lipinski definition) is 0. The molecule has 0 atom stereocenters. The Hall–Kier alpha value is -2.57. The number of pyridine rings is 1. The van der Waals surface area contributed by atoms with Gasteiger partial charge in [0.05, 0.1) is 17.1 Å². The fraction of sp³-hybridized carbons (Fsp3) is 0.238. The van der Waals surface area contributed by atoms with E-state index in [1.165, 1.54) is 11.3 Å². The third kappa shape index (κ3) is 4.46. The van der Waals surface area contributed by atoms with Crippen LogP contribution in [-0.4, -0.2) is 28.7 Å². The number of anilines is 1. The van der Waals surface area contributed by atoms with E-state index in [9.17, 15) is 9.59 Å². The monoisotopic (exact) mass is 413 g/mol. The number of hydrogen-bond acceptors (Lipinski definition) is 5. The highest BCUT2D eigenvalue weighted by atomic mass is 35.5. The van der Waals surface area contributed by atoms with Crippen LogP contribution in [0.3, 0.4) is 0 Å². The first-order chi connectivity index (χ1) is 13.4. The molecule has 0 radical (unpaired) electrons. The summed E-state index contributed by atoms with van der Waals surface area (Å²) in [4.78, 5) is 34.6. The molecular weight excluding hydrogens is 394 g/mol. The lowest BCUT2D eigenvalue weighted by Gasteiger charge is -2.17. The van der Waals surface area contributed by atoms with Gasteiger partial charge >= 0.3 is 0 Å². The number of ketones is 1. The summed E-state index contributed by atoms with van der Waals surface area (Å²) < 4.78 is 0. The minimum atomic E-state index is -0.0189. The summed E-state index contributed by atoms with van der Waals surface area (Å²) in [6, 6.07) is 8.94. The van der Waals surface area contributed by atoms with Crippen molar-refractivity contribution < 1.29 is 9.59 Å². The van der Waals surface area contributed by atoms with Crippen LogP contribution in [-0.2, 0) is 11.2 Å². The fourth-order valence-corrected chi connectivity index (χ4v) is 3.78. The Balaban J connectivity index is 1.77. The summed E-state index contributed by atoms with van der Waals surface area (Å²) in [6.45, 7) is 3.73. The van der Waals surface area contributed by atoms with Crippen molar-refractivity contribution in [2.75, 3.05) is 11.9 Å². The van der Waals surface area contributed by atoms with Crippen LogP contribution in [0.25, 0.3) is 11.3 Å². The van der Waals surface area contributed by atoms with Crippen LogP contribution in [0.2, 0.25) is 5.02 Å². The van der Waals surface area contributed by atoms with Crippen molar-refractivity contribution in [3.05, 3.63) is 63.2 Å². The molecular formula is C21H20ClN3O2S. The molecule has 3 aromatic rings. The van der Waals surface area contributed by atoms with Crippen LogP contribution in [0.1, 0.15) is 34.4 Å². The molecule has 2 aromatic heterocycles. The van der Waals surface area contributed by atoms with Gasteiger partial charge in [0.15, 0.2) is 5.78 Å². The second-order valence-corrected chi connectivity index (χ2v) is 7.74. The van der Waals surface area contributed by atoms with Crippen LogP contribution in [0.5, 0.6) is 0 Å². The van der Waals surface area contributed by atoms with Crippen molar-refractivity contribution in [1.82, 2.24) is 9.97 Å². The number of carbonyl (C=O) groups is 2. The Kier molecular flexibility index (Phi) is 6.21. The van der Waals surface area contributed by atoms with E-state index in [0.717, 1.165) is 22.0 Å². The van der Waals surface area contributed by atoms with Crippen LogP contribution in [0, 0.1) is 6.92 Å².